The Balaban J connectivity index is 0.00000104. The molecule has 3 heterocycles. The molecular formula is C39H73N5O4. The number of carbonyl (C=O) groups is 3. The molecule has 278 valence electrons. The smallest absolute Gasteiger partial charge is 0.246 e. The SMILES string of the molecule is CC.CC.CCC.CCC.CN[C@@H](C)C(=O)NC(C(=O)N1CC2CCCN2CC1C(=O)N[C@@H]1CCCC2=C1C=CCC2)C1CCOCC1. The molecule has 0 aromatic carbocycles. The van der Waals surface area contributed by atoms with E-state index in [0.717, 1.165) is 64.3 Å². The van der Waals surface area contributed by atoms with Crippen molar-refractivity contribution < 1.29 is 19.1 Å². The number of hydrogen-bond acceptors (Lipinski definition) is 6. The van der Waals surface area contributed by atoms with Gasteiger partial charge in [-0.2, -0.15) is 0 Å². The lowest BCUT2D eigenvalue weighted by Crippen LogP contribution is -2.67. The summed E-state index contributed by atoms with van der Waals surface area (Å²) in [4.78, 5) is 45.3. The van der Waals surface area contributed by atoms with E-state index in [2.05, 4.69) is 60.7 Å². The van der Waals surface area contributed by atoms with Crippen LogP contribution < -0.4 is 16.0 Å². The number of allylic oxidation sites excluding steroid dienone is 2. The summed E-state index contributed by atoms with van der Waals surface area (Å²) in [6.07, 6.45) is 15.8. The molecule has 3 saturated heterocycles. The van der Waals surface area contributed by atoms with E-state index in [1.165, 1.54) is 24.0 Å². The number of carbonyl (C=O) groups excluding carboxylic acids is 3. The highest BCUT2D eigenvalue weighted by Crippen LogP contribution is 2.33. The van der Waals surface area contributed by atoms with Crippen molar-refractivity contribution in [3.63, 3.8) is 0 Å². The van der Waals surface area contributed by atoms with Gasteiger partial charge >= 0.3 is 0 Å². The van der Waals surface area contributed by atoms with Crippen molar-refractivity contribution in [1.82, 2.24) is 25.8 Å². The molecule has 3 N–H and O–H groups in total. The van der Waals surface area contributed by atoms with Crippen molar-refractivity contribution in [2.75, 3.05) is 39.9 Å². The first kappa shape index (κ1) is 43.8. The third kappa shape index (κ3) is 12.9. The zero-order chi connectivity index (χ0) is 36.1. The Morgan fingerprint density at radius 2 is 1.56 bits per heavy atom. The van der Waals surface area contributed by atoms with E-state index in [1.54, 1.807) is 18.9 Å². The number of likely N-dealkylation sites (N-methyl/N-ethyl adjacent to an activating group) is 1. The van der Waals surface area contributed by atoms with Gasteiger partial charge in [0.15, 0.2) is 0 Å². The first-order chi connectivity index (χ1) is 23.3. The summed E-state index contributed by atoms with van der Waals surface area (Å²) in [6.45, 7) is 21.5. The number of piperazine rings is 1. The number of amides is 3. The van der Waals surface area contributed by atoms with Crippen LogP contribution in [0.4, 0.5) is 0 Å². The molecule has 0 radical (unpaired) electrons. The van der Waals surface area contributed by atoms with Crippen molar-refractivity contribution in [3.8, 4) is 0 Å². The molecule has 5 aliphatic rings. The van der Waals surface area contributed by atoms with Crippen LogP contribution in [-0.4, -0.2) is 97.6 Å². The molecule has 0 aromatic heterocycles. The monoisotopic (exact) mass is 676 g/mol. The predicted molar refractivity (Wildman–Crippen MR) is 200 cm³/mol. The van der Waals surface area contributed by atoms with Crippen molar-refractivity contribution in [2.45, 2.75) is 163 Å². The van der Waals surface area contributed by atoms with Crippen molar-refractivity contribution in [2.24, 2.45) is 5.92 Å². The third-order valence-corrected chi connectivity index (χ3v) is 9.39. The number of nitrogens with zero attached hydrogens (tertiary/aromatic N) is 2. The quantitative estimate of drug-likeness (QED) is 0.290. The minimum atomic E-state index is -0.657. The molecule has 5 atom stereocenters. The third-order valence-electron chi connectivity index (χ3n) is 9.39. The molecule has 0 saturated carbocycles. The van der Waals surface area contributed by atoms with Gasteiger partial charge in [0.1, 0.15) is 12.1 Å². The number of fused-ring (bicyclic) bond motifs is 1. The highest BCUT2D eigenvalue weighted by Gasteiger charge is 2.45. The first-order valence-corrected chi connectivity index (χ1v) is 19.6. The zero-order valence-electron chi connectivity index (χ0n) is 32.5. The molecule has 0 bridgehead atoms. The van der Waals surface area contributed by atoms with Crippen molar-refractivity contribution in [1.29, 1.82) is 0 Å². The van der Waals surface area contributed by atoms with Gasteiger partial charge in [-0.1, -0.05) is 86.0 Å². The average Bonchev–Trinajstić information content (AvgIpc) is 3.60. The summed E-state index contributed by atoms with van der Waals surface area (Å²) in [6, 6.07) is -1.34. The molecule has 3 fully saturated rings. The van der Waals surface area contributed by atoms with Crippen LogP contribution >= 0.6 is 0 Å². The molecular weight excluding hydrogens is 602 g/mol. The van der Waals surface area contributed by atoms with E-state index in [1.807, 2.05) is 27.7 Å². The Morgan fingerprint density at radius 1 is 0.917 bits per heavy atom. The van der Waals surface area contributed by atoms with Crippen LogP contribution in [-0.2, 0) is 19.1 Å². The van der Waals surface area contributed by atoms with E-state index in [4.69, 9.17) is 4.74 Å². The van der Waals surface area contributed by atoms with E-state index < -0.39 is 18.1 Å². The van der Waals surface area contributed by atoms with Gasteiger partial charge in [-0.05, 0) is 89.8 Å². The van der Waals surface area contributed by atoms with Crippen molar-refractivity contribution >= 4 is 17.7 Å². The zero-order valence-corrected chi connectivity index (χ0v) is 32.5. The molecule has 9 nitrogen and oxygen atoms in total. The highest BCUT2D eigenvalue weighted by molar-refractivity contribution is 5.93. The van der Waals surface area contributed by atoms with Gasteiger partial charge in [-0.3, -0.25) is 19.3 Å². The summed E-state index contributed by atoms with van der Waals surface area (Å²) < 4.78 is 5.56. The van der Waals surface area contributed by atoms with E-state index in [9.17, 15) is 14.4 Å². The molecule has 9 heteroatoms. The van der Waals surface area contributed by atoms with E-state index >= 15 is 0 Å². The molecule has 3 unspecified atom stereocenters. The van der Waals surface area contributed by atoms with Crippen LogP contribution in [0.3, 0.4) is 0 Å². The lowest BCUT2D eigenvalue weighted by molar-refractivity contribution is -0.150. The van der Waals surface area contributed by atoms with Crippen LogP contribution in [0.2, 0.25) is 0 Å². The Labute approximate surface area is 294 Å². The van der Waals surface area contributed by atoms with Gasteiger partial charge < -0.3 is 25.6 Å². The van der Waals surface area contributed by atoms with Gasteiger partial charge in [-0.25, -0.2) is 0 Å². The normalized spacial score (nSPS) is 24.6. The van der Waals surface area contributed by atoms with E-state index in [-0.39, 0.29) is 35.7 Å². The predicted octanol–water partition coefficient (Wildman–Crippen LogP) is 6.38. The second kappa shape index (κ2) is 24.8. The first-order valence-electron chi connectivity index (χ1n) is 19.6. The summed E-state index contributed by atoms with van der Waals surface area (Å²) in [7, 11) is 1.74. The Kier molecular flexibility index (Phi) is 22.7. The molecule has 48 heavy (non-hydrogen) atoms. The molecule has 0 aromatic rings. The lowest BCUT2D eigenvalue weighted by Gasteiger charge is -2.45. The topological polar surface area (TPSA) is 103 Å². The molecule has 2 aliphatic carbocycles. The van der Waals surface area contributed by atoms with E-state index in [0.29, 0.717) is 26.3 Å². The van der Waals surface area contributed by atoms with Crippen LogP contribution in [0.15, 0.2) is 23.3 Å². The summed E-state index contributed by atoms with van der Waals surface area (Å²) in [5, 5.41) is 9.39. The van der Waals surface area contributed by atoms with Crippen LogP contribution in [0.1, 0.15) is 133 Å². The number of rotatable bonds is 7. The summed E-state index contributed by atoms with van der Waals surface area (Å²) >= 11 is 0. The van der Waals surface area contributed by atoms with Gasteiger partial charge in [0.05, 0.1) is 12.1 Å². The van der Waals surface area contributed by atoms with Gasteiger partial charge in [-0.15, -0.1) is 0 Å². The minimum Gasteiger partial charge on any atom is -0.381 e. The van der Waals surface area contributed by atoms with Crippen LogP contribution in [0.25, 0.3) is 0 Å². The van der Waals surface area contributed by atoms with Crippen LogP contribution in [0, 0.1) is 5.92 Å². The maximum Gasteiger partial charge on any atom is 0.246 e. The second-order valence-corrected chi connectivity index (χ2v) is 13.1. The van der Waals surface area contributed by atoms with Gasteiger partial charge in [0.25, 0.3) is 0 Å². The summed E-state index contributed by atoms with van der Waals surface area (Å²) in [5.74, 6) is -0.389. The Hall–Kier alpha value is -2.23. The number of hydrogen-bond donors (Lipinski definition) is 3. The maximum atomic E-state index is 14.3. The highest BCUT2D eigenvalue weighted by atomic mass is 16.5. The molecule has 5 rings (SSSR count). The Morgan fingerprint density at radius 3 is 2.19 bits per heavy atom. The fraction of sp³-hybridized carbons (Fsp3) is 0.821. The van der Waals surface area contributed by atoms with Crippen molar-refractivity contribution in [3.05, 3.63) is 23.3 Å². The average molecular weight is 676 g/mol. The minimum absolute atomic E-state index is 0.00647. The number of ether oxygens (including phenoxy) is 1. The Bertz CT molecular complexity index is 991. The number of nitrogens with one attached hydrogen (secondary N) is 3. The lowest BCUT2D eigenvalue weighted by atomic mass is 9.82. The van der Waals surface area contributed by atoms with Gasteiger partial charge in [0.2, 0.25) is 17.7 Å². The molecule has 0 spiro atoms. The maximum absolute atomic E-state index is 14.3. The molecule has 3 aliphatic heterocycles. The standard InChI is InChI=1S/C29H45N5O4.2C3H8.2C2H6/c1-19(30-2)27(35)32-26(21-12-15-38-16-13-21)29(37)34-17-22-9-6-14-33(22)18-25(34)28(36)31-24-11-5-8-20-7-3-4-10-23(20)24;2*1-3-2;2*1-2/h4,10,19,21-22,24-26,30H,3,5-9,11-18H2,1-2H3,(H,31,36)(H,32,35);2*3H2,1-2H3;2*1-2H3/t19-,22?,24+,25?,26?;;;;/m0..../s1. The largest absolute Gasteiger partial charge is 0.381 e. The summed E-state index contributed by atoms with van der Waals surface area (Å²) in [5.41, 5.74) is 2.75. The molecule has 3 amide bonds. The van der Waals surface area contributed by atoms with Gasteiger partial charge in [0, 0.05) is 32.3 Å². The fourth-order valence-corrected chi connectivity index (χ4v) is 6.96. The fourth-order valence-electron chi connectivity index (χ4n) is 6.96. The second-order valence-electron chi connectivity index (χ2n) is 13.1. The van der Waals surface area contributed by atoms with Crippen LogP contribution in [0.5, 0.6) is 0 Å².